The van der Waals surface area contributed by atoms with Crippen molar-refractivity contribution in [2.45, 2.75) is 33.0 Å². The number of thiophene rings is 1. The largest absolute Gasteiger partial charge is 0.504 e. The fourth-order valence-corrected chi connectivity index (χ4v) is 4.97. The number of para-hydroxylation sites is 1. The van der Waals surface area contributed by atoms with Crippen molar-refractivity contribution in [1.29, 1.82) is 0 Å². The van der Waals surface area contributed by atoms with E-state index in [1.54, 1.807) is 30.0 Å². The molecule has 0 saturated heterocycles. The van der Waals surface area contributed by atoms with Gasteiger partial charge in [0.2, 0.25) is 0 Å². The molecule has 9 heteroatoms. The maximum absolute atomic E-state index is 12.9. The van der Waals surface area contributed by atoms with Gasteiger partial charge >= 0.3 is 6.09 Å². The maximum Gasteiger partial charge on any atom is 0.410 e. The number of fused-ring (bicyclic) bond motifs is 3. The molecule has 0 unspecified atom stereocenters. The lowest BCUT2D eigenvalue weighted by atomic mass is 10.0. The van der Waals surface area contributed by atoms with E-state index in [9.17, 15) is 14.7 Å². The van der Waals surface area contributed by atoms with E-state index in [1.807, 2.05) is 6.92 Å². The summed E-state index contributed by atoms with van der Waals surface area (Å²) in [7, 11) is 0. The van der Waals surface area contributed by atoms with Gasteiger partial charge in [0.1, 0.15) is 11.2 Å². The first-order valence-corrected chi connectivity index (χ1v) is 10.4. The molecule has 0 bridgehead atoms. The molecular weight excluding hydrogens is 394 g/mol. The molecule has 0 saturated carbocycles. The van der Waals surface area contributed by atoms with E-state index in [0.29, 0.717) is 49.6 Å². The molecule has 4 rings (SSSR count). The van der Waals surface area contributed by atoms with Crippen molar-refractivity contribution in [1.82, 2.24) is 10.2 Å². The number of carbonyl (C=O) groups excluding carboxylic acids is 2. The van der Waals surface area contributed by atoms with Crippen LogP contribution in [0, 0.1) is 0 Å². The molecule has 154 valence electrons. The molecule has 1 aromatic heterocycles. The minimum Gasteiger partial charge on any atom is -0.504 e. The van der Waals surface area contributed by atoms with Crippen LogP contribution >= 0.6 is 11.3 Å². The first kappa shape index (κ1) is 19.4. The standard InChI is InChI=1S/C20H23N3O5S/c1-3-27-13-7-5-6-12(16(13)24)17-21-18(25)15-11-8-9-23(20(26)28-4-2)10-14(11)29-19(15)22-17/h5-7,17,22,24H,3-4,8-10H2,1-2H3,(H,21,25)/t17-/m0/s1. The Morgan fingerprint density at radius 2 is 2.14 bits per heavy atom. The summed E-state index contributed by atoms with van der Waals surface area (Å²) in [6.07, 6.45) is -0.306. The molecule has 3 N–H and O–H groups in total. The molecule has 2 aromatic rings. The van der Waals surface area contributed by atoms with Gasteiger partial charge in [-0.25, -0.2) is 4.79 Å². The highest BCUT2D eigenvalue weighted by atomic mass is 32.1. The van der Waals surface area contributed by atoms with Crippen molar-refractivity contribution in [2.24, 2.45) is 0 Å². The summed E-state index contributed by atoms with van der Waals surface area (Å²) in [5, 5.41) is 17.5. The highest BCUT2D eigenvalue weighted by molar-refractivity contribution is 7.16. The molecule has 0 radical (unpaired) electrons. The summed E-state index contributed by atoms with van der Waals surface area (Å²) in [5.41, 5.74) is 2.14. The van der Waals surface area contributed by atoms with Gasteiger partial charge in [0.15, 0.2) is 11.5 Å². The lowest BCUT2D eigenvalue weighted by Gasteiger charge is -2.28. The normalized spacial score (nSPS) is 17.7. The van der Waals surface area contributed by atoms with Gasteiger partial charge < -0.3 is 30.1 Å². The highest BCUT2D eigenvalue weighted by Crippen LogP contribution is 2.42. The summed E-state index contributed by atoms with van der Waals surface area (Å²) in [5.74, 6) is 0.194. The lowest BCUT2D eigenvalue weighted by Crippen LogP contribution is -2.39. The second-order valence-corrected chi connectivity index (χ2v) is 7.86. The van der Waals surface area contributed by atoms with Gasteiger partial charge in [0.25, 0.3) is 5.91 Å². The molecule has 3 heterocycles. The van der Waals surface area contributed by atoms with E-state index in [-0.39, 0.29) is 17.7 Å². The monoisotopic (exact) mass is 417 g/mol. The number of hydrogen-bond donors (Lipinski definition) is 3. The Morgan fingerprint density at radius 3 is 2.90 bits per heavy atom. The van der Waals surface area contributed by atoms with Crippen molar-refractivity contribution < 1.29 is 24.2 Å². The number of rotatable bonds is 4. The third kappa shape index (κ3) is 3.46. The van der Waals surface area contributed by atoms with Crippen molar-refractivity contribution in [3.05, 3.63) is 39.8 Å². The first-order chi connectivity index (χ1) is 14.0. The number of amides is 2. The van der Waals surface area contributed by atoms with Gasteiger partial charge in [-0.1, -0.05) is 12.1 Å². The second kappa shape index (κ2) is 7.82. The van der Waals surface area contributed by atoms with Crippen LogP contribution in [0.1, 0.15) is 46.4 Å². The third-order valence-electron chi connectivity index (χ3n) is 5.00. The summed E-state index contributed by atoms with van der Waals surface area (Å²) >= 11 is 1.47. The van der Waals surface area contributed by atoms with Gasteiger partial charge in [-0.15, -0.1) is 11.3 Å². The van der Waals surface area contributed by atoms with Crippen LogP contribution in [0.5, 0.6) is 11.5 Å². The zero-order valence-electron chi connectivity index (χ0n) is 16.3. The Kier molecular flexibility index (Phi) is 5.23. The second-order valence-electron chi connectivity index (χ2n) is 6.76. The number of nitrogens with one attached hydrogen (secondary N) is 2. The number of phenols is 1. The highest BCUT2D eigenvalue weighted by Gasteiger charge is 2.35. The number of anilines is 1. The fraction of sp³-hybridized carbons (Fsp3) is 0.400. The third-order valence-corrected chi connectivity index (χ3v) is 6.15. The number of ether oxygens (including phenoxy) is 2. The molecular formula is C20H23N3O5S. The van der Waals surface area contributed by atoms with Crippen LogP contribution in [0.3, 0.4) is 0 Å². The predicted octanol–water partition coefficient (Wildman–Crippen LogP) is 3.22. The molecule has 1 atom stereocenters. The zero-order valence-corrected chi connectivity index (χ0v) is 17.1. The smallest absolute Gasteiger partial charge is 0.410 e. The van der Waals surface area contributed by atoms with Gasteiger partial charge in [-0.05, 0) is 31.9 Å². The Hall–Kier alpha value is -2.94. The predicted molar refractivity (Wildman–Crippen MR) is 109 cm³/mol. The number of nitrogens with zero attached hydrogens (tertiary/aromatic N) is 1. The van der Waals surface area contributed by atoms with Gasteiger partial charge in [-0.2, -0.15) is 0 Å². The Balaban J connectivity index is 1.61. The van der Waals surface area contributed by atoms with Crippen molar-refractivity contribution in [3.63, 3.8) is 0 Å². The minimum atomic E-state index is -0.573. The van der Waals surface area contributed by atoms with Gasteiger partial charge in [-0.3, -0.25) is 4.79 Å². The molecule has 0 spiro atoms. The molecule has 2 amide bonds. The van der Waals surface area contributed by atoms with Crippen LogP contribution in [-0.4, -0.2) is 41.8 Å². The SMILES string of the molecule is CCOC(=O)N1CCc2c(sc3c2C(=O)N[C@H](c2cccc(OCC)c2O)N3)C1. The van der Waals surface area contributed by atoms with Gasteiger partial charge in [0.05, 0.1) is 25.3 Å². The molecule has 1 aromatic carbocycles. The maximum atomic E-state index is 12.9. The number of hydrogen-bond acceptors (Lipinski definition) is 7. The Labute approximate surface area is 172 Å². The van der Waals surface area contributed by atoms with Gasteiger partial charge in [0, 0.05) is 17.0 Å². The molecule has 29 heavy (non-hydrogen) atoms. The summed E-state index contributed by atoms with van der Waals surface area (Å²) in [4.78, 5) is 27.6. The summed E-state index contributed by atoms with van der Waals surface area (Å²) < 4.78 is 10.5. The van der Waals surface area contributed by atoms with E-state index in [4.69, 9.17) is 9.47 Å². The van der Waals surface area contributed by atoms with Crippen LogP contribution < -0.4 is 15.4 Å². The van der Waals surface area contributed by atoms with Crippen molar-refractivity contribution in [3.8, 4) is 11.5 Å². The van der Waals surface area contributed by atoms with Crippen molar-refractivity contribution >= 4 is 28.3 Å². The number of phenolic OH excluding ortho intramolecular Hbond substituents is 1. The van der Waals surface area contributed by atoms with Crippen LogP contribution in [0.15, 0.2) is 18.2 Å². The fourth-order valence-electron chi connectivity index (χ4n) is 3.69. The van der Waals surface area contributed by atoms with Crippen molar-refractivity contribution in [2.75, 3.05) is 25.1 Å². The molecule has 0 aliphatic carbocycles. The van der Waals surface area contributed by atoms with Crippen LogP contribution in [0.2, 0.25) is 0 Å². The average molecular weight is 417 g/mol. The number of carbonyl (C=O) groups is 2. The average Bonchev–Trinajstić information content (AvgIpc) is 3.08. The van der Waals surface area contributed by atoms with Crippen LogP contribution in [0.25, 0.3) is 0 Å². The van der Waals surface area contributed by atoms with E-state index in [0.717, 1.165) is 15.4 Å². The molecule has 0 fully saturated rings. The summed E-state index contributed by atoms with van der Waals surface area (Å²) in [6, 6.07) is 5.21. The first-order valence-electron chi connectivity index (χ1n) is 9.61. The Morgan fingerprint density at radius 1 is 1.31 bits per heavy atom. The number of aromatic hydroxyl groups is 1. The quantitative estimate of drug-likeness (QED) is 0.706. The zero-order chi connectivity index (χ0) is 20.5. The van der Waals surface area contributed by atoms with E-state index < -0.39 is 6.17 Å². The van der Waals surface area contributed by atoms with E-state index in [1.165, 1.54) is 11.3 Å². The number of benzene rings is 1. The summed E-state index contributed by atoms with van der Waals surface area (Å²) in [6.45, 7) is 5.33. The molecule has 8 nitrogen and oxygen atoms in total. The lowest BCUT2D eigenvalue weighted by molar-refractivity contribution is 0.0933. The van der Waals surface area contributed by atoms with Crippen LogP contribution in [-0.2, 0) is 17.7 Å². The Bertz CT molecular complexity index is 958. The minimum absolute atomic E-state index is 0.00501. The van der Waals surface area contributed by atoms with E-state index in [2.05, 4.69) is 10.6 Å². The van der Waals surface area contributed by atoms with E-state index >= 15 is 0 Å². The molecule has 2 aliphatic heterocycles. The van der Waals surface area contributed by atoms with Crippen LogP contribution in [0.4, 0.5) is 9.80 Å². The topological polar surface area (TPSA) is 100 Å². The molecule has 2 aliphatic rings.